The van der Waals surface area contributed by atoms with Crippen LogP contribution in [0.15, 0.2) is 29.3 Å². The van der Waals surface area contributed by atoms with Gasteiger partial charge in [-0.15, -0.1) is 0 Å². The average molecular weight is 280 g/mol. The van der Waals surface area contributed by atoms with Crippen LogP contribution in [0.3, 0.4) is 0 Å². The largest absolute Gasteiger partial charge is 0.352 e. The fourth-order valence-electron chi connectivity index (χ4n) is 2.53. The summed E-state index contributed by atoms with van der Waals surface area (Å²) in [6.07, 6.45) is 2.56. The number of halogens is 1. The Labute approximate surface area is 120 Å². The number of guanidine groups is 1. The maximum Gasteiger partial charge on any atom is 0.193 e. The smallest absolute Gasteiger partial charge is 0.193 e. The van der Waals surface area contributed by atoms with Gasteiger partial charge in [0.25, 0.3) is 0 Å². The van der Waals surface area contributed by atoms with Crippen LogP contribution in [0.4, 0.5) is 0 Å². The molecule has 1 fully saturated rings. The van der Waals surface area contributed by atoms with Gasteiger partial charge in [0.15, 0.2) is 5.96 Å². The highest BCUT2D eigenvalue weighted by molar-refractivity contribution is 6.31. The van der Waals surface area contributed by atoms with E-state index in [2.05, 4.69) is 22.1 Å². The molecule has 0 spiro atoms. The van der Waals surface area contributed by atoms with Crippen molar-refractivity contribution in [2.24, 2.45) is 10.9 Å². The number of hydrogen-bond donors (Lipinski definition) is 1. The zero-order valence-corrected chi connectivity index (χ0v) is 12.5. The zero-order chi connectivity index (χ0) is 13.7. The third kappa shape index (κ3) is 3.87. The standard InChI is InChI=1S/C15H22ClN3/c1-12-6-5-9-19(11-12)15(17-2)18-10-13-7-3-4-8-14(13)16/h3-4,7-8,12H,5-6,9-11H2,1-2H3,(H,17,18). The Morgan fingerprint density at radius 2 is 2.26 bits per heavy atom. The molecule has 3 nitrogen and oxygen atoms in total. The molecule has 1 aromatic rings. The van der Waals surface area contributed by atoms with Crippen molar-refractivity contribution >= 4 is 17.6 Å². The Morgan fingerprint density at radius 1 is 1.47 bits per heavy atom. The van der Waals surface area contributed by atoms with Crippen molar-refractivity contribution in [2.45, 2.75) is 26.3 Å². The van der Waals surface area contributed by atoms with Crippen LogP contribution in [0.5, 0.6) is 0 Å². The van der Waals surface area contributed by atoms with E-state index in [1.54, 1.807) is 0 Å². The number of nitrogens with zero attached hydrogens (tertiary/aromatic N) is 2. The van der Waals surface area contributed by atoms with Gasteiger partial charge in [0, 0.05) is 31.7 Å². The van der Waals surface area contributed by atoms with Gasteiger partial charge in [-0.3, -0.25) is 4.99 Å². The highest BCUT2D eigenvalue weighted by Gasteiger charge is 2.19. The summed E-state index contributed by atoms with van der Waals surface area (Å²) >= 11 is 6.17. The Bertz CT molecular complexity index is 445. The van der Waals surface area contributed by atoms with Crippen LogP contribution in [0.1, 0.15) is 25.3 Å². The first-order valence-electron chi connectivity index (χ1n) is 6.89. The molecule has 0 aliphatic carbocycles. The summed E-state index contributed by atoms with van der Waals surface area (Å²) in [6.45, 7) is 5.19. The summed E-state index contributed by atoms with van der Waals surface area (Å²) < 4.78 is 0. The van der Waals surface area contributed by atoms with Crippen LogP contribution in [0.25, 0.3) is 0 Å². The van der Waals surface area contributed by atoms with Gasteiger partial charge >= 0.3 is 0 Å². The maximum absolute atomic E-state index is 6.17. The van der Waals surface area contributed by atoms with E-state index < -0.39 is 0 Å². The van der Waals surface area contributed by atoms with Crippen LogP contribution in [0, 0.1) is 5.92 Å². The third-order valence-electron chi connectivity index (χ3n) is 3.56. The first-order chi connectivity index (χ1) is 9.20. The lowest BCUT2D eigenvalue weighted by molar-refractivity contribution is 0.266. The van der Waals surface area contributed by atoms with Crippen LogP contribution in [-0.4, -0.2) is 31.0 Å². The molecule has 1 N–H and O–H groups in total. The molecule has 1 saturated heterocycles. The molecule has 0 amide bonds. The molecular weight excluding hydrogens is 258 g/mol. The summed E-state index contributed by atoms with van der Waals surface area (Å²) in [6, 6.07) is 7.92. The van der Waals surface area contributed by atoms with Crippen molar-refractivity contribution in [3.63, 3.8) is 0 Å². The van der Waals surface area contributed by atoms with Gasteiger partial charge in [0.1, 0.15) is 0 Å². The molecule has 1 heterocycles. The van der Waals surface area contributed by atoms with E-state index in [0.717, 1.165) is 42.1 Å². The lowest BCUT2D eigenvalue weighted by Crippen LogP contribution is -2.45. The fourth-order valence-corrected chi connectivity index (χ4v) is 2.73. The Hall–Kier alpha value is -1.22. The Balaban J connectivity index is 1.95. The molecule has 1 aliphatic rings. The van der Waals surface area contributed by atoms with Crippen molar-refractivity contribution in [3.8, 4) is 0 Å². The minimum absolute atomic E-state index is 0.719. The van der Waals surface area contributed by atoms with Gasteiger partial charge < -0.3 is 10.2 Å². The van der Waals surface area contributed by atoms with Crippen LogP contribution in [-0.2, 0) is 6.54 Å². The number of likely N-dealkylation sites (tertiary alicyclic amines) is 1. The number of piperidine rings is 1. The topological polar surface area (TPSA) is 27.6 Å². The lowest BCUT2D eigenvalue weighted by Gasteiger charge is -2.33. The van der Waals surface area contributed by atoms with Crippen LogP contribution >= 0.6 is 11.6 Å². The highest BCUT2D eigenvalue weighted by atomic mass is 35.5. The van der Waals surface area contributed by atoms with Crippen molar-refractivity contribution in [1.29, 1.82) is 0 Å². The summed E-state index contributed by atoms with van der Waals surface area (Å²) in [5, 5.41) is 4.21. The predicted molar refractivity (Wildman–Crippen MR) is 81.6 cm³/mol. The molecule has 1 aromatic carbocycles. The van der Waals surface area contributed by atoms with Gasteiger partial charge in [0.05, 0.1) is 0 Å². The maximum atomic E-state index is 6.17. The van der Waals surface area contributed by atoms with E-state index in [1.807, 2.05) is 31.3 Å². The SMILES string of the molecule is CN=C(NCc1ccccc1Cl)N1CCCC(C)C1. The molecule has 0 saturated carbocycles. The number of nitrogens with one attached hydrogen (secondary N) is 1. The quantitative estimate of drug-likeness (QED) is 0.665. The summed E-state index contributed by atoms with van der Waals surface area (Å²) in [7, 11) is 1.84. The van der Waals surface area contributed by atoms with Gasteiger partial charge in [-0.2, -0.15) is 0 Å². The summed E-state index contributed by atoms with van der Waals surface area (Å²) in [4.78, 5) is 6.72. The van der Waals surface area contributed by atoms with Gasteiger partial charge in [-0.25, -0.2) is 0 Å². The van der Waals surface area contributed by atoms with Gasteiger partial charge in [-0.05, 0) is 30.4 Å². The first-order valence-corrected chi connectivity index (χ1v) is 7.27. The molecule has 0 radical (unpaired) electrons. The van der Waals surface area contributed by atoms with E-state index in [1.165, 1.54) is 12.8 Å². The Morgan fingerprint density at radius 3 is 2.95 bits per heavy atom. The molecular formula is C15H22ClN3. The second kappa shape index (κ2) is 6.80. The molecule has 104 valence electrons. The average Bonchev–Trinajstić information content (AvgIpc) is 2.41. The van der Waals surface area contributed by atoms with E-state index in [0.29, 0.717) is 0 Å². The van der Waals surface area contributed by atoms with E-state index >= 15 is 0 Å². The minimum Gasteiger partial charge on any atom is -0.352 e. The number of aliphatic imine (C=N–C) groups is 1. The lowest BCUT2D eigenvalue weighted by atomic mass is 10.0. The summed E-state index contributed by atoms with van der Waals surface area (Å²) in [5.74, 6) is 1.72. The first kappa shape index (κ1) is 14.2. The van der Waals surface area contributed by atoms with E-state index in [9.17, 15) is 0 Å². The van der Waals surface area contributed by atoms with Crippen molar-refractivity contribution in [3.05, 3.63) is 34.9 Å². The highest BCUT2D eigenvalue weighted by Crippen LogP contribution is 2.17. The van der Waals surface area contributed by atoms with E-state index in [4.69, 9.17) is 11.6 Å². The molecule has 0 bridgehead atoms. The molecule has 19 heavy (non-hydrogen) atoms. The monoisotopic (exact) mass is 279 g/mol. The molecule has 0 aromatic heterocycles. The second-order valence-electron chi connectivity index (χ2n) is 5.19. The summed E-state index contributed by atoms with van der Waals surface area (Å²) in [5.41, 5.74) is 1.11. The fraction of sp³-hybridized carbons (Fsp3) is 0.533. The predicted octanol–water partition coefficient (Wildman–Crippen LogP) is 3.15. The zero-order valence-electron chi connectivity index (χ0n) is 11.7. The molecule has 2 rings (SSSR count). The van der Waals surface area contributed by atoms with E-state index in [-0.39, 0.29) is 0 Å². The van der Waals surface area contributed by atoms with Gasteiger partial charge in [0.2, 0.25) is 0 Å². The number of hydrogen-bond acceptors (Lipinski definition) is 1. The van der Waals surface area contributed by atoms with Crippen molar-refractivity contribution in [2.75, 3.05) is 20.1 Å². The minimum atomic E-state index is 0.719. The molecule has 1 unspecified atom stereocenters. The van der Waals surface area contributed by atoms with Crippen LogP contribution < -0.4 is 5.32 Å². The second-order valence-corrected chi connectivity index (χ2v) is 5.59. The Kier molecular flexibility index (Phi) is 5.08. The normalized spacial score (nSPS) is 20.5. The number of rotatable bonds is 2. The van der Waals surface area contributed by atoms with Crippen molar-refractivity contribution in [1.82, 2.24) is 10.2 Å². The molecule has 1 aliphatic heterocycles. The molecule has 1 atom stereocenters. The van der Waals surface area contributed by atoms with Crippen molar-refractivity contribution < 1.29 is 0 Å². The van der Waals surface area contributed by atoms with Crippen LogP contribution in [0.2, 0.25) is 5.02 Å². The van der Waals surface area contributed by atoms with Gasteiger partial charge in [-0.1, -0.05) is 36.7 Å². The third-order valence-corrected chi connectivity index (χ3v) is 3.93. The number of benzene rings is 1. The molecule has 4 heteroatoms.